The molecule has 1 atom stereocenters. The number of halogens is 1. The first-order chi connectivity index (χ1) is 8.59. The smallest absolute Gasteiger partial charge is 0.316 e. The van der Waals surface area contributed by atoms with Gasteiger partial charge in [-0.3, -0.25) is 4.79 Å². The fourth-order valence-electron chi connectivity index (χ4n) is 3.05. The molecule has 1 aliphatic rings. The highest BCUT2D eigenvalue weighted by Crippen LogP contribution is 2.43. The Hall–Kier alpha value is -0.830. The third-order valence-electron chi connectivity index (χ3n) is 4.21. The maximum atomic E-state index is 12.3. The summed E-state index contributed by atoms with van der Waals surface area (Å²) in [5.41, 5.74) is 0.533. The molecule has 0 bridgehead atoms. The number of hydrogen-bond donors (Lipinski definition) is 0. The van der Waals surface area contributed by atoms with Crippen LogP contribution in [-0.4, -0.2) is 13.1 Å². The molecular weight excluding hydrogens is 292 g/mol. The third-order valence-corrected chi connectivity index (χ3v) is 4.70. The Labute approximate surface area is 117 Å². The first-order valence-corrected chi connectivity index (χ1v) is 7.23. The zero-order chi connectivity index (χ0) is 13.2. The largest absolute Gasteiger partial charge is 0.468 e. The second-order valence-electron chi connectivity index (χ2n) is 5.19. The van der Waals surface area contributed by atoms with Crippen molar-refractivity contribution in [1.29, 1.82) is 0 Å². The zero-order valence-electron chi connectivity index (χ0n) is 10.9. The number of benzene rings is 1. The molecule has 0 aromatic heterocycles. The monoisotopic (exact) mass is 310 g/mol. The van der Waals surface area contributed by atoms with Gasteiger partial charge in [0, 0.05) is 4.47 Å². The maximum absolute atomic E-state index is 12.3. The molecule has 0 saturated heterocycles. The summed E-state index contributed by atoms with van der Waals surface area (Å²) in [6.07, 6.45) is 4.65. The minimum absolute atomic E-state index is 0.118. The van der Waals surface area contributed by atoms with Crippen LogP contribution in [0.25, 0.3) is 0 Å². The first-order valence-electron chi connectivity index (χ1n) is 6.43. The van der Waals surface area contributed by atoms with E-state index in [2.05, 4.69) is 15.9 Å². The van der Waals surface area contributed by atoms with Gasteiger partial charge in [0.1, 0.15) is 0 Å². The van der Waals surface area contributed by atoms with Crippen molar-refractivity contribution in [2.24, 2.45) is 5.92 Å². The van der Waals surface area contributed by atoms with Crippen molar-refractivity contribution in [3.05, 3.63) is 34.3 Å². The fourth-order valence-corrected chi connectivity index (χ4v) is 3.45. The van der Waals surface area contributed by atoms with E-state index in [0.29, 0.717) is 5.92 Å². The molecule has 0 unspecified atom stereocenters. The Bertz CT molecular complexity index is 438. The van der Waals surface area contributed by atoms with Gasteiger partial charge in [-0.15, -0.1) is 0 Å². The topological polar surface area (TPSA) is 26.3 Å². The number of carbonyl (C=O) groups excluding carboxylic acids is 1. The number of hydrogen-bond acceptors (Lipinski definition) is 2. The van der Waals surface area contributed by atoms with Crippen molar-refractivity contribution in [3.63, 3.8) is 0 Å². The van der Waals surface area contributed by atoms with Crippen LogP contribution < -0.4 is 0 Å². The molecule has 18 heavy (non-hydrogen) atoms. The summed E-state index contributed by atoms with van der Waals surface area (Å²) in [6, 6.07) is 8.03. The van der Waals surface area contributed by atoms with Crippen LogP contribution in [0.3, 0.4) is 0 Å². The molecule has 0 amide bonds. The van der Waals surface area contributed by atoms with Crippen molar-refractivity contribution in [2.75, 3.05) is 7.11 Å². The average molecular weight is 311 g/mol. The maximum Gasteiger partial charge on any atom is 0.316 e. The molecule has 0 radical (unpaired) electrons. The van der Waals surface area contributed by atoms with Crippen LogP contribution in [0.15, 0.2) is 28.7 Å². The van der Waals surface area contributed by atoms with E-state index >= 15 is 0 Å². The van der Waals surface area contributed by atoms with Crippen LogP contribution in [0.4, 0.5) is 0 Å². The standard InChI is InChI=1S/C15H19BrO2/c1-15(14(17)18-2,11-6-3-4-7-11)12-8-5-9-13(16)10-12/h5,8-11H,3-4,6-7H2,1-2H3/t15-/m1/s1. The molecule has 0 aliphatic heterocycles. The normalized spacial score (nSPS) is 19.5. The van der Waals surface area contributed by atoms with Crippen molar-refractivity contribution in [1.82, 2.24) is 0 Å². The van der Waals surface area contributed by atoms with Crippen molar-refractivity contribution in [3.8, 4) is 0 Å². The molecule has 0 N–H and O–H groups in total. The molecule has 2 rings (SSSR count). The van der Waals surface area contributed by atoms with Gasteiger partial charge in [0.25, 0.3) is 0 Å². The molecular formula is C15H19BrO2. The summed E-state index contributed by atoms with van der Waals surface area (Å²) < 4.78 is 6.08. The van der Waals surface area contributed by atoms with Gasteiger partial charge in [-0.25, -0.2) is 0 Å². The number of carbonyl (C=O) groups is 1. The Morgan fingerprint density at radius 1 is 1.39 bits per heavy atom. The zero-order valence-corrected chi connectivity index (χ0v) is 12.5. The van der Waals surface area contributed by atoms with E-state index in [0.717, 1.165) is 22.9 Å². The van der Waals surface area contributed by atoms with E-state index in [-0.39, 0.29) is 5.97 Å². The second kappa shape index (κ2) is 5.43. The Morgan fingerprint density at radius 2 is 2.06 bits per heavy atom. The SMILES string of the molecule is COC(=O)[C@@](C)(c1cccc(Br)c1)C1CCCC1. The van der Waals surface area contributed by atoms with E-state index in [1.165, 1.54) is 20.0 Å². The first kappa shape index (κ1) is 13.6. The van der Waals surface area contributed by atoms with E-state index in [1.54, 1.807) is 0 Å². The third kappa shape index (κ3) is 2.33. The minimum Gasteiger partial charge on any atom is -0.468 e. The van der Waals surface area contributed by atoms with E-state index < -0.39 is 5.41 Å². The number of ether oxygens (including phenoxy) is 1. The quantitative estimate of drug-likeness (QED) is 0.787. The van der Waals surface area contributed by atoms with Gasteiger partial charge >= 0.3 is 5.97 Å². The van der Waals surface area contributed by atoms with Crippen LogP contribution in [-0.2, 0) is 14.9 Å². The summed E-state index contributed by atoms with van der Waals surface area (Å²) in [6.45, 7) is 2.02. The van der Waals surface area contributed by atoms with Crippen LogP contribution in [0.2, 0.25) is 0 Å². The van der Waals surface area contributed by atoms with Crippen LogP contribution in [0, 0.1) is 5.92 Å². The molecule has 0 spiro atoms. The summed E-state index contributed by atoms with van der Waals surface area (Å²) in [4.78, 5) is 12.3. The number of rotatable bonds is 3. The van der Waals surface area contributed by atoms with Gasteiger partial charge in [-0.1, -0.05) is 40.9 Å². The molecule has 1 fully saturated rings. The lowest BCUT2D eigenvalue weighted by Crippen LogP contribution is -2.40. The van der Waals surface area contributed by atoms with Gasteiger partial charge in [0.2, 0.25) is 0 Å². The molecule has 98 valence electrons. The average Bonchev–Trinajstić information content (AvgIpc) is 2.91. The second-order valence-corrected chi connectivity index (χ2v) is 6.10. The molecule has 1 aromatic carbocycles. The molecule has 0 heterocycles. The highest BCUT2D eigenvalue weighted by atomic mass is 79.9. The summed E-state index contributed by atoms with van der Waals surface area (Å²) >= 11 is 3.48. The Morgan fingerprint density at radius 3 is 2.61 bits per heavy atom. The molecule has 1 aromatic rings. The number of esters is 1. The molecule has 2 nitrogen and oxygen atoms in total. The van der Waals surface area contributed by atoms with Gasteiger partial charge in [-0.2, -0.15) is 0 Å². The Balaban J connectivity index is 2.44. The van der Waals surface area contributed by atoms with Gasteiger partial charge < -0.3 is 4.74 Å². The predicted octanol–water partition coefficient (Wildman–Crippen LogP) is 4.07. The lowest BCUT2D eigenvalue weighted by molar-refractivity contribution is -0.149. The molecule has 3 heteroatoms. The summed E-state index contributed by atoms with van der Waals surface area (Å²) in [5.74, 6) is 0.270. The van der Waals surface area contributed by atoms with E-state index in [9.17, 15) is 4.79 Å². The van der Waals surface area contributed by atoms with Crippen molar-refractivity contribution < 1.29 is 9.53 Å². The Kier molecular flexibility index (Phi) is 4.10. The van der Waals surface area contributed by atoms with Crippen LogP contribution in [0.5, 0.6) is 0 Å². The summed E-state index contributed by atoms with van der Waals surface area (Å²) in [7, 11) is 1.48. The lowest BCUT2D eigenvalue weighted by atomic mass is 9.71. The van der Waals surface area contributed by atoms with Gasteiger partial charge in [-0.05, 0) is 43.4 Å². The van der Waals surface area contributed by atoms with E-state index in [4.69, 9.17) is 4.74 Å². The minimum atomic E-state index is -0.519. The highest BCUT2D eigenvalue weighted by Gasteiger charge is 2.44. The lowest BCUT2D eigenvalue weighted by Gasteiger charge is -2.33. The van der Waals surface area contributed by atoms with Crippen molar-refractivity contribution in [2.45, 2.75) is 38.0 Å². The van der Waals surface area contributed by atoms with Crippen LogP contribution in [0.1, 0.15) is 38.2 Å². The number of methoxy groups -OCH3 is 1. The van der Waals surface area contributed by atoms with Gasteiger partial charge in [0.05, 0.1) is 12.5 Å². The van der Waals surface area contributed by atoms with Crippen LogP contribution >= 0.6 is 15.9 Å². The van der Waals surface area contributed by atoms with E-state index in [1.807, 2.05) is 31.2 Å². The molecule has 1 saturated carbocycles. The predicted molar refractivity (Wildman–Crippen MR) is 75.5 cm³/mol. The van der Waals surface area contributed by atoms with Crippen molar-refractivity contribution >= 4 is 21.9 Å². The highest BCUT2D eigenvalue weighted by molar-refractivity contribution is 9.10. The van der Waals surface area contributed by atoms with Gasteiger partial charge in [0.15, 0.2) is 0 Å². The molecule has 1 aliphatic carbocycles. The fraction of sp³-hybridized carbons (Fsp3) is 0.533. The summed E-state index contributed by atoms with van der Waals surface area (Å²) in [5, 5.41) is 0.